The first kappa shape index (κ1) is 14.0. The third kappa shape index (κ3) is 2.79. The predicted molar refractivity (Wildman–Crippen MR) is 71.3 cm³/mol. The lowest BCUT2D eigenvalue weighted by atomic mass is 10.1. The van der Waals surface area contributed by atoms with Crippen molar-refractivity contribution < 1.29 is 19.4 Å². The number of aliphatic carboxylic acids is 1. The van der Waals surface area contributed by atoms with E-state index in [2.05, 4.69) is 0 Å². The summed E-state index contributed by atoms with van der Waals surface area (Å²) in [6.45, 7) is 2.16. The number of nitrogens with zero attached hydrogens (tertiary/aromatic N) is 1. The van der Waals surface area contributed by atoms with E-state index in [1.165, 1.54) is 16.2 Å². The summed E-state index contributed by atoms with van der Waals surface area (Å²) in [6, 6.07) is 3.01. The van der Waals surface area contributed by atoms with Gasteiger partial charge in [-0.1, -0.05) is 6.07 Å². The van der Waals surface area contributed by atoms with E-state index in [1.807, 2.05) is 24.4 Å². The van der Waals surface area contributed by atoms with Gasteiger partial charge < -0.3 is 14.7 Å². The number of carboxylic acids is 1. The zero-order chi connectivity index (χ0) is 14.0. The van der Waals surface area contributed by atoms with E-state index < -0.39 is 12.0 Å². The lowest BCUT2D eigenvalue weighted by Gasteiger charge is -2.24. The maximum atomic E-state index is 12.4. The average Bonchev–Trinajstić information content (AvgIpc) is 3.05. The van der Waals surface area contributed by atoms with Crippen LogP contribution in [0.15, 0.2) is 17.5 Å². The van der Waals surface area contributed by atoms with Crippen molar-refractivity contribution in [1.29, 1.82) is 0 Å². The molecule has 0 aliphatic carbocycles. The standard InChI is InChI=1S/C13H17NO4S/c1-8(11-4-3-5-19-11)12(15)14-7-9(18-2)6-10(14)13(16)17/h3-5,8-10H,6-7H2,1-2H3,(H,16,17). The Kier molecular flexibility index (Phi) is 4.21. The summed E-state index contributed by atoms with van der Waals surface area (Å²) in [5.74, 6) is -1.42. The molecule has 1 aromatic heterocycles. The number of methoxy groups -OCH3 is 1. The number of carbonyl (C=O) groups is 2. The van der Waals surface area contributed by atoms with E-state index >= 15 is 0 Å². The zero-order valence-electron chi connectivity index (χ0n) is 10.9. The van der Waals surface area contributed by atoms with Crippen LogP contribution in [-0.2, 0) is 14.3 Å². The van der Waals surface area contributed by atoms with Crippen LogP contribution >= 0.6 is 11.3 Å². The lowest BCUT2D eigenvalue weighted by molar-refractivity contribution is -0.148. The molecule has 0 radical (unpaired) electrons. The number of thiophene rings is 1. The molecule has 2 heterocycles. The largest absolute Gasteiger partial charge is 0.480 e. The first-order valence-electron chi connectivity index (χ1n) is 6.14. The van der Waals surface area contributed by atoms with Gasteiger partial charge in [0.25, 0.3) is 0 Å². The molecule has 0 aromatic carbocycles. The number of rotatable bonds is 4. The number of hydrogen-bond acceptors (Lipinski definition) is 4. The first-order chi connectivity index (χ1) is 9.04. The number of hydrogen-bond donors (Lipinski definition) is 1. The van der Waals surface area contributed by atoms with E-state index in [9.17, 15) is 14.7 Å². The van der Waals surface area contributed by atoms with Crippen LogP contribution in [0.5, 0.6) is 0 Å². The minimum Gasteiger partial charge on any atom is -0.480 e. The Hall–Kier alpha value is -1.40. The van der Waals surface area contributed by atoms with E-state index in [1.54, 1.807) is 7.11 Å². The van der Waals surface area contributed by atoms with Crippen molar-refractivity contribution in [1.82, 2.24) is 4.90 Å². The summed E-state index contributed by atoms with van der Waals surface area (Å²) in [4.78, 5) is 26.1. The fourth-order valence-corrected chi connectivity index (χ4v) is 3.13. The van der Waals surface area contributed by atoms with Crippen molar-refractivity contribution >= 4 is 23.2 Å². The molecule has 2 rings (SSSR count). The summed E-state index contributed by atoms with van der Waals surface area (Å²) >= 11 is 1.51. The van der Waals surface area contributed by atoms with Gasteiger partial charge in [0.15, 0.2) is 0 Å². The van der Waals surface area contributed by atoms with Crippen LogP contribution in [0, 0.1) is 0 Å². The molecule has 0 saturated carbocycles. The summed E-state index contributed by atoms with van der Waals surface area (Å²) in [5.41, 5.74) is 0. The van der Waals surface area contributed by atoms with Gasteiger partial charge in [0.1, 0.15) is 6.04 Å². The van der Waals surface area contributed by atoms with Crippen LogP contribution in [0.4, 0.5) is 0 Å². The fourth-order valence-electron chi connectivity index (χ4n) is 2.35. The summed E-state index contributed by atoms with van der Waals surface area (Å²) in [5, 5.41) is 11.1. The van der Waals surface area contributed by atoms with E-state index in [0.717, 1.165) is 4.88 Å². The maximum Gasteiger partial charge on any atom is 0.326 e. The molecule has 1 aromatic rings. The highest BCUT2D eigenvalue weighted by Crippen LogP contribution is 2.28. The topological polar surface area (TPSA) is 66.8 Å². The third-order valence-electron chi connectivity index (χ3n) is 3.50. The van der Waals surface area contributed by atoms with Crippen LogP contribution in [0.1, 0.15) is 24.1 Å². The van der Waals surface area contributed by atoms with Crippen LogP contribution in [-0.4, -0.2) is 47.7 Å². The first-order valence-corrected chi connectivity index (χ1v) is 7.02. The van der Waals surface area contributed by atoms with Crippen LogP contribution in [0.3, 0.4) is 0 Å². The lowest BCUT2D eigenvalue weighted by Crippen LogP contribution is -2.42. The van der Waals surface area contributed by atoms with Gasteiger partial charge in [-0.25, -0.2) is 4.79 Å². The second kappa shape index (κ2) is 5.71. The molecule has 5 nitrogen and oxygen atoms in total. The highest BCUT2D eigenvalue weighted by Gasteiger charge is 2.41. The van der Waals surface area contributed by atoms with Crippen molar-refractivity contribution in [2.45, 2.75) is 31.4 Å². The number of ether oxygens (including phenoxy) is 1. The third-order valence-corrected chi connectivity index (χ3v) is 4.56. The molecule has 1 aliphatic heterocycles. The Balaban J connectivity index is 2.15. The quantitative estimate of drug-likeness (QED) is 0.910. The number of amides is 1. The number of likely N-dealkylation sites (tertiary alicyclic amines) is 1. The number of carboxylic acid groups (broad SMARTS) is 1. The zero-order valence-corrected chi connectivity index (χ0v) is 11.7. The van der Waals surface area contributed by atoms with Gasteiger partial charge in [0.05, 0.1) is 12.0 Å². The van der Waals surface area contributed by atoms with Gasteiger partial charge in [-0.05, 0) is 18.4 Å². The van der Waals surface area contributed by atoms with Crippen molar-refractivity contribution in [3.63, 3.8) is 0 Å². The molecule has 1 aliphatic rings. The van der Waals surface area contributed by atoms with E-state index in [-0.39, 0.29) is 17.9 Å². The highest BCUT2D eigenvalue weighted by atomic mass is 32.1. The Morgan fingerprint density at radius 1 is 1.58 bits per heavy atom. The Morgan fingerprint density at radius 2 is 2.32 bits per heavy atom. The molecule has 0 spiro atoms. The smallest absolute Gasteiger partial charge is 0.326 e. The van der Waals surface area contributed by atoms with Crippen molar-refractivity contribution in [3.8, 4) is 0 Å². The van der Waals surface area contributed by atoms with Crippen molar-refractivity contribution in [2.24, 2.45) is 0 Å². The molecule has 1 fully saturated rings. The second-order valence-electron chi connectivity index (χ2n) is 4.68. The predicted octanol–water partition coefficient (Wildman–Crippen LogP) is 1.55. The van der Waals surface area contributed by atoms with Crippen LogP contribution in [0.2, 0.25) is 0 Å². The van der Waals surface area contributed by atoms with Gasteiger partial charge in [-0.15, -0.1) is 11.3 Å². The van der Waals surface area contributed by atoms with Crippen molar-refractivity contribution in [2.75, 3.05) is 13.7 Å². The molecule has 19 heavy (non-hydrogen) atoms. The molecule has 3 atom stereocenters. The van der Waals surface area contributed by atoms with E-state index in [0.29, 0.717) is 13.0 Å². The normalized spacial score (nSPS) is 24.4. The molecule has 1 N–H and O–H groups in total. The monoisotopic (exact) mass is 283 g/mol. The van der Waals surface area contributed by atoms with Gasteiger partial charge in [-0.2, -0.15) is 0 Å². The Labute approximate surface area is 115 Å². The molecule has 0 bridgehead atoms. The van der Waals surface area contributed by atoms with E-state index in [4.69, 9.17) is 4.74 Å². The summed E-state index contributed by atoms with van der Waals surface area (Å²) in [6.07, 6.45) is 0.162. The molecule has 1 amide bonds. The van der Waals surface area contributed by atoms with Crippen LogP contribution in [0.25, 0.3) is 0 Å². The summed E-state index contributed by atoms with van der Waals surface area (Å²) in [7, 11) is 1.54. The minimum atomic E-state index is -0.966. The van der Waals surface area contributed by atoms with Crippen LogP contribution < -0.4 is 0 Å². The Bertz CT molecular complexity index is 459. The Morgan fingerprint density at radius 3 is 2.84 bits per heavy atom. The molecular weight excluding hydrogens is 266 g/mol. The maximum absolute atomic E-state index is 12.4. The van der Waals surface area contributed by atoms with Crippen molar-refractivity contribution in [3.05, 3.63) is 22.4 Å². The second-order valence-corrected chi connectivity index (χ2v) is 5.65. The van der Waals surface area contributed by atoms with Gasteiger partial charge in [-0.3, -0.25) is 4.79 Å². The molecule has 6 heteroatoms. The average molecular weight is 283 g/mol. The molecule has 1 saturated heterocycles. The number of carbonyl (C=O) groups excluding carboxylic acids is 1. The molecule has 3 unspecified atom stereocenters. The highest BCUT2D eigenvalue weighted by molar-refractivity contribution is 7.10. The molecule has 104 valence electrons. The SMILES string of the molecule is COC1CC(C(=O)O)N(C(=O)C(C)c2cccs2)C1. The van der Waals surface area contributed by atoms with Gasteiger partial charge in [0.2, 0.25) is 5.91 Å². The fraction of sp³-hybridized carbons (Fsp3) is 0.538. The summed E-state index contributed by atoms with van der Waals surface area (Å²) < 4.78 is 5.19. The molecular formula is C13H17NO4S. The van der Waals surface area contributed by atoms with Gasteiger partial charge >= 0.3 is 5.97 Å². The van der Waals surface area contributed by atoms with Gasteiger partial charge in [0, 0.05) is 25.0 Å². The minimum absolute atomic E-state index is 0.144.